The molecule has 1 saturated heterocycles. The van der Waals surface area contributed by atoms with Crippen molar-refractivity contribution in [2.75, 3.05) is 18.0 Å². The first-order chi connectivity index (χ1) is 9.29. The van der Waals surface area contributed by atoms with Crippen molar-refractivity contribution in [1.82, 2.24) is 10.2 Å². The topological polar surface area (TPSA) is 55.0 Å². The molecule has 0 radical (unpaired) electrons. The molecule has 3 rings (SSSR count). The Kier molecular flexibility index (Phi) is 3.34. The third-order valence-corrected chi connectivity index (χ3v) is 4.14. The number of rotatable bonds is 2. The fourth-order valence-electron chi connectivity index (χ4n) is 2.89. The van der Waals surface area contributed by atoms with Crippen LogP contribution in [-0.4, -0.2) is 29.3 Å². The summed E-state index contributed by atoms with van der Waals surface area (Å²) in [5.74, 6) is 1.57. The number of nitrogens with two attached hydrogens (primary N) is 1. The fourth-order valence-corrected chi connectivity index (χ4v) is 2.89. The summed E-state index contributed by atoms with van der Waals surface area (Å²) in [5, 5.41) is 10.9. The van der Waals surface area contributed by atoms with E-state index in [1.165, 1.54) is 18.2 Å². The molecule has 4 heteroatoms. The first-order valence-corrected chi connectivity index (χ1v) is 6.96. The summed E-state index contributed by atoms with van der Waals surface area (Å²) in [6.07, 6.45) is 4.22. The number of hydrogen-bond donors (Lipinski definition) is 1. The van der Waals surface area contributed by atoms with Crippen LogP contribution in [0.2, 0.25) is 0 Å². The van der Waals surface area contributed by atoms with E-state index in [9.17, 15) is 0 Å². The van der Waals surface area contributed by atoms with E-state index in [2.05, 4.69) is 40.2 Å². The average molecular weight is 256 g/mol. The predicted octanol–water partition coefficient (Wildman–Crippen LogP) is 2.19. The molecule has 0 amide bonds. The van der Waals surface area contributed by atoms with E-state index in [4.69, 9.17) is 5.73 Å². The number of hydrogen-bond acceptors (Lipinski definition) is 4. The lowest BCUT2D eigenvalue weighted by molar-refractivity contribution is 0.372. The summed E-state index contributed by atoms with van der Waals surface area (Å²) in [6, 6.07) is 8.81. The fraction of sp³-hybridized carbons (Fsp3) is 0.467. The third-order valence-electron chi connectivity index (χ3n) is 4.14. The van der Waals surface area contributed by atoms with Crippen LogP contribution in [-0.2, 0) is 0 Å². The van der Waals surface area contributed by atoms with Crippen molar-refractivity contribution in [3.05, 3.63) is 30.5 Å². The molecule has 1 aliphatic rings. The zero-order chi connectivity index (χ0) is 13.2. The Hall–Kier alpha value is -1.68. The summed E-state index contributed by atoms with van der Waals surface area (Å²) in [6.45, 7) is 4.00. The van der Waals surface area contributed by atoms with Crippen molar-refractivity contribution >= 4 is 16.6 Å². The Bertz CT molecular complexity index is 564. The van der Waals surface area contributed by atoms with Gasteiger partial charge in [0.15, 0.2) is 5.82 Å². The highest BCUT2D eigenvalue weighted by atomic mass is 15.3. The maximum atomic E-state index is 5.84. The first kappa shape index (κ1) is 12.4. The van der Waals surface area contributed by atoms with Gasteiger partial charge in [0.1, 0.15) is 0 Å². The second-order valence-corrected chi connectivity index (χ2v) is 5.44. The molecule has 19 heavy (non-hydrogen) atoms. The van der Waals surface area contributed by atoms with Gasteiger partial charge in [-0.15, -0.1) is 5.10 Å². The maximum Gasteiger partial charge on any atom is 0.159 e. The van der Waals surface area contributed by atoms with Crippen LogP contribution in [0.5, 0.6) is 0 Å². The molecule has 1 aromatic carbocycles. The van der Waals surface area contributed by atoms with Gasteiger partial charge in [-0.25, -0.2) is 0 Å². The van der Waals surface area contributed by atoms with Gasteiger partial charge in [0.05, 0.1) is 6.20 Å². The summed E-state index contributed by atoms with van der Waals surface area (Å²) >= 11 is 0. The van der Waals surface area contributed by atoms with Crippen LogP contribution in [0.3, 0.4) is 0 Å². The quantitative estimate of drug-likeness (QED) is 0.895. The van der Waals surface area contributed by atoms with Crippen molar-refractivity contribution in [2.24, 2.45) is 11.7 Å². The highest BCUT2D eigenvalue weighted by Gasteiger charge is 2.26. The van der Waals surface area contributed by atoms with Crippen LogP contribution in [0.25, 0.3) is 10.8 Å². The van der Waals surface area contributed by atoms with E-state index in [0.29, 0.717) is 12.0 Å². The second-order valence-electron chi connectivity index (χ2n) is 5.44. The summed E-state index contributed by atoms with van der Waals surface area (Å²) in [4.78, 5) is 2.37. The van der Waals surface area contributed by atoms with Gasteiger partial charge in [-0.1, -0.05) is 24.3 Å². The van der Waals surface area contributed by atoms with Crippen molar-refractivity contribution in [3.8, 4) is 0 Å². The van der Waals surface area contributed by atoms with Crippen LogP contribution in [0.1, 0.15) is 19.8 Å². The van der Waals surface area contributed by atoms with E-state index in [0.717, 1.165) is 24.3 Å². The Morgan fingerprint density at radius 3 is 3.00 bits per heavy atom. The third kappa shape index (κ3) is 2.28. The smallest absolute Gasteiger partial charge is 0.159 e. The summed E-state index contributed by atoms with van der Waals surface area (Å²) in [7, 11) is 0. The molecule has 0 bridgehead atoms. The Morgan fingerprint density at radius 1 is 1.32 bits per heavy atom. The summed E-state index contributed by atoms with van der Waals surface area (Å²) in [5.41, 5.74) is 5.84. The van der Waals surface area contributed by atoms with Crippen LogP contribution in [0.4, 0.5) is 5.82 Å². The molecule has 0 spiro atoms. The molecule has 1 aromatic heterocycles. The molecule has 0 saturated carbocycles. The van der Waals surface area contributed by atoms with Crippen LogP contribution in [0.15, 0.2) is 30.5 Å². The van der Waals surface area contributed by atoms with E-state index < -0.39 is 0 Å². The minimum atomic E-state index is 0.503. The number of aromatic nitrogens is 2. The monoisotopic (exact) mass is 256 g/mol. The average Bonchev–Trinajstić information content (AvgIpc) is 2.47. The maximum absolute atomic E-state index is 5.84. The van der Waals surface area contributed by atoms with Crippen molar-refractivity contribution in [2.45, 2.75) is 25.8 Å². The normalized spacial score (nSPS) is 23.8. The second kappa shape index (κ2) is 5.13. The Morgan fingerprint density at radius 2 is 2.16 bits per heavy atom. The number of anilines is 1. The van der Waals surface area contributed by atoms with E-state index >= 15 is 0 Å². The largest absolute Gasteiger partial charge is 0.352 e. The van der Waals surface area contributed by atoms with Gasteiger partial charge < -0.3 is 10.6 Å². The molecule has 1 aliphatic heterocycles. The van der Waals surface area contributed by atoms with E-state index in [-0.39, 0.29) is 0 Å². The number of piperidine rings is 1. The van der Waals surface area contributed by atoms with Gasteiger partial charge in [0.25, 0.3) is 0 Å². The Labute approximate surface area is 113 Å². The number of nitrogens with zero attached hydrogens (tertiary/aromatic N) is 3. The van der Waals surface area contributed by atoms with Gasteiger partial charge in [-0.3, -0.25) is 0 Å². The molecule has 2 atom stereocenters. The lowest BCUT2D eigenvalue weighted by atomic mass is 9.93. The molecule has 2 heterocycles. The van der Waals surface area contributed by atoms with E-state index in [1.807, 2.05) is 12.3 Å². The zero-order valence-electron chi connectivity index (χ0n) is 11.3. The molecular formula is C15H20N4. The first-order valence-electron chi connectivity index (χ1n) is 6.96. The highest BCUT2D eigenvalue weighted by Crippen LogP contribution is 2.30. The molecule has 2 N–H and O–H groups in total. The molecule has 2 unspecified atom stereocenters. The standard InChI is InChI=1S/C15H20N4/c1-11-6-7-12(8-16)10-19(11)15-14-5-3-2-4-13(14)9-17-18-15/h2-5,9,11-12H,6-8,10,16H2,1H3. The summed E-state index contributed by atoms with van der Waals surface area (Å²) < 4.78 is 0. The molecular weight excluding hydrogens is 236 g/mol. The molecule has 2 aromatic rings. The minimum absolute atomic E-state index is 0.503. The van der Waals surface area contributed by atoms with Crippen LogP contribution >= 0.6 is 0 Å². The van der Waals surface area contributed by atoms with Crippen LogP contribution in [0, 0.1) is 5.92 Å². The number of fused-ring (bicyclic) bond motifs is 1. The van der Waals surface area contributed by atoms with Crippen molar-refractivity contribution in [3.63, 3.8) is 0 Å². The lowest BCUT2D eigenvalue weighted by Gasteiger charge is -2.38. The van der Waals surface area contributed by atoms with Gasteiger partial charge in [-0.05, 0) is 32.2 Å². The van der Waals surface area contributed by atoms with E-state index in [1.54, 1.807) is 0 Å². The molecule has 100 valence electrons. The SMILES string of the molecule is CC1CCC(CN)CN1c1nncc2ccccc12. The highest BCUT2D eigenvalue weighted by molar-refractivity contribution is 5.91. The minimum Gasteiger partial charge on any atom is -0.352 e. The molecule has 0 aliphatic carbocycles. The zero-order valence-corrected chi connectivity index (χ0v) is 11.3. The number of benzene rings is 1. The predicted molar refractivity (Wildman–Crippen MR) is 78.1 cm³/mol. The molecule has 4 nitrogen and oxygen atoms in total. The Balaban J connectivity index is 2.02. The van der Waals surface area contributed by atoms with Gasteiger partial charge in [0, 0.05) is 23.4 Å². The van der Waals surface area contributed by atoms with Gasteiger partial charge in [0.2, 0.25) is 0 Å². The van der Waals surface area contributed by atoms with Crippen molar-refractivity contribution < 1.29 is 0 Å². The molecule has 1 fully saturated rings. The van der Waals surface area contributed by atoms with Crippen molar-refractivity contribution in [1.29, 1.82) is 0 Å². The lowest BCUT2D eigenvalue weighted by Crippen LogP contribution is -2.44. The van der Waals surface area contributed by atoms with Gasteiger partial charge in [-0.2, -0.15) is 5.10 Å². The van der Waals surface area contributed by atoms with Crippen LogP contribution < -0.4 is 10.6 Å². The van der Waals surface area contributed by atoms with Gasteiger partial charge >= 0.3 is 0 Å².